The number of aromatic hydroxyl groups is 2. The van der Waals surface area contributed by atoms with E-state index in [0.717, 1.165) is 12.1 Å². The minimum atomic E-state index is -1.28. The predicted molar refractivity (Wildman–Crippen MR) is 138 cm³/mol. The van der Waals surface area contributed by atoms with E-state index in [0.29, 0.717) is 11.1 Å². The number of pyridine rings is 2. The quantitative estimate of drug-likeness (QED) is 0.186. The van der Waals surface area contributed by atoms with Crippen LogP contribution in [0.3, 0.4) is 0 Å². The zero-order chi connectivity index (χ0) is 28.5. The molecule has 15 heteroatoms. The molecule has 0 fully saturated rings. The molecule has 2 aromatic carbocycles. The molecule has 221 valence electrons. The van der Waals surface area contributed by atoms with Crippen molar-refractivity contribution >= 4 is 23.8 Å². The van der Waals surface area contributed by atoms with Gasteiger partial charge in [-0.3, -0.25) is 19.6 Å². The first-order valence-electron chi connectivity index (χ1n) is 10.4. The van der Waals surface area contributed by atoms with Crippen LogP contribution in [0.25, 0.3) is 0 Å². The van der Waals surface area contributed by atoms with Crippen molar-refractivity contribution in [3.63, 3.8) is 0 Å². The van der Waals surface area contributed by atoms with Crippen LogP contribution in [0.2, 0.25) is 0 Å². The van der Waals surface area contributed by atoms with E-state index >= 15 is 0 Å². The molecule has 0 aliphatic rings. The number of carbonyl (C=O) groups excluding carboxylic acids is 4. The monoisotopic (exact) mass is 617 g/mol. The summed E-state index contributed by atoms with van der Waals surface area (Å²) in [7, 11) is 0. The third-order valence-corrected chi connectivity index (χ3v) is 4.06. The topological polar surface area (TPSA) is 296 Å². The number of phenols is 2. The molecule has 0 aliphatic carbocycles. The zero-order valence-corrected chi connectivity index (χ0v) is 21.9. The number of nitrogens with zero attached hydrogens (tertiary/aromatic N) is 2. The van der Waals surface area contributed by atoms with E-state index in [-0.39, 0.29) is 50.6 Å². The van der Waals surface area contributed by atoms with Crippen molar-refractivity contribution in [1.82, 2.24) is 9.97 Å². The first kappa shape index (κ1) is 40.2. The van der Waals surface area contributed by atoms with Crippen molar-refractivity contribution in [2.24, 2.45) is 11.5 Å². The molecule has 4 rings (SSSR count). The van der Waals surface area contributed by atoms with Crippen molar-refractivity contribution in [3.05, 3.63) is 120 Å². The Hall–Kier alpha value is -5.34. The number of carbonyl (C=O) groups is 4. The molecule has 4 aromatic rings. The van der Waals surface area contributed by atoms with Crippen molar-refractivity contribution in [1.29, 1.82) is 0 Å². The van der Waals surface area contributed by atoms with Gasteiger partial charge in [-0.1, -0.05) is 24.3 Å². The normalized spacial score (nSPS) is 8.39. The second kappa shape index (κ2) is 21.6. The van der Waals surface area contributed by atoms with Crippen LogP contribution in [-0.2, 0) is 17.1 Å². The maximum Gasteiger partial charge on any atom is 2.00 e. The van der Waals surface area contributed by atoms with Crippen molar-refractivity contribution in [3.8, 4) is 11.5 Å². The molecular formula is C26H26CuN4O10. The van der Waals surface area contributed by atoms with Gasteiger partial charge in [0.2, 0.25) is 11.8 Å². The second-order valence-corrected chi connectivity index (χ2v) is 6.89. The molecule has 14 nitrogen and oxygen atoms in total. The van der Waals surface area contributed by atoms with Gasteiger partial charge in [0, 0.05) is 35.9 Å². The standard InChI is InChI=1S/2C7H6O3.2C6H6N2O.Cu.2H2O/c2*8-6-3-1-2-5(4-6)7(9)10;2*7-6(9)5-2-1-3-8-4-5;;;/h2*1-4,8H,(H,9,10);2*1-4H,(H2,7,9);;2*1H2/q;;;;+2;;/p-2. The third-order valence-electron chi connectivity index (χ3n) is 4.06. The Kier molecular flexibility index (Phi) is 21.1. The van der Waals surface area contributed by atoms with E-state index in [4.69, 9.17) is 21.7 Å². The number of hydrogen-bond donors (Lipinski definition) is 4. The predicted octanol–water partition coefficient (Wildman–Crippen LogP) is -1.78. The molecule has 0 aliphatic heterocycles. The Bertz CT molecular complexity index is 1260. The van der Waals surface area contributed by atoms with Gasteiger partial charge >= 0.3 is 17.1 Å². The molecule has 0 spiro atoms. The number of aromatic carboxylic acids is 2. The van der Waals surface area contributed by atoms with Crippen LogP contribution in [0.5, 0.6) is 11.5 Å². The third kappa shape index (κ3) is 17.0. The molecule has 0 saturated heterocycles. The first-order valence-corrected chi connectivity index (χ1v) is 10.4. The molecule has 41 heavy (non-hydrogen) atoms. The summed E-state index contributed by atoms with van der Waals surface area (Å²) >= 11 is 0. The van der Waals surface area contributed by atoms with Crippen LogP contribution in [0, 0.1) is 0 Å². The largest absolute Gasteiger partial charge is 2.00 e. The van der Waals surface area contributed by atoms with E-state index in [1.807, 2.05) is 0 Å². The summed E-state index contributed by atoms with van der Waals surface area (Å²) in [6.45, 7) is 0. The summed E-state index contributed by atoms with van der Waals surface area (Å²) in [6, 6.07) is 17.2. The SMILES string of the molecule is NC(=O)c1cccnc1.NC(=O)c1cccnc1.O.O.O=C([O-])c1cccc(O)c1.O=C([O-])c1cccc(O)c1.[Cu+2]. The summed E-state index contributed by atoms with van der Waals surface area (Å²) in [6.07, 6.45) is 6.05. The van der Waals surface area contributed by atoms with Gasteiger partial charge in [0.05, 0.1) is 23.1 Å². The number of carboxylic acids is 2. The van der Waals surface area contributed by atoms with Crippen LogP contribution in [0.4, 0.5) is 0 Å². The number of amides is 2. The Labute approximate surface area is 244 Å². The molecule has 1 radical (unpaired) electrons. The Morgan fingerprint density at radius 2 is 0.902 bits per heavy atom. The number of phenolic OH excluding ortho intramolecular Hbond substituents is 2. The van der Waals surface area contributed by atoms with Gasteiger partial charge in [0.1, 0.15) is 11.5 Å². The number of carboxylic acid groups (broad SMARTS) is 2. The second-order valence-electron chi connectivity index (χ2n) is 6.89. The van der Waals surface area contributed by atoms with Crippen LogP contribution in [-0.4, -0.2) is 54.9 Å². The Morgan fingerprint density at radius 3 is 1.07 bits per heavy atom. The number of primary amides is 2. The Morgan fingerprint density at radius 1 is 0.585 bits per heavy atom. The minimum absolute atomic E-state index is 0. The summed E-state index contributed by atoms with van der Waals surface area (Å²) in [5, 5.41) is 37.8. The van der Waals surface area contributed by atoms with E-state index in [9.17, 15) is 29.4 Å². The van der Waals surface area contributed by atoms with Crippen molar-refractivity contribution in [2.75, 3.05) is 0 Å². The summed E-state index contributed by atoms with van der Waals surface area (Å²) in [5.74, 6) is -3.58. The average molecular weight is 618 g/mol. The smallest absolute Gasteiger partial charge is 0.545 e. The van der Waals surface area contributed by atoms with E-state index < -0.39 is 23.8 Å². The van der Waals surface area contributed by atoms with Gasteiger partial charge in [-0.15, -0.1) is 0 Å². The molecule has 0 saturated carbocycles. The van der Waals surface area contributed by atoms with Crippen LogP contribution < -0.4 is 21.7 Å². The number of benzene rings is 2. The van der Waals surface area contributed by atoms with Crippen LogP contribution >= 0.6 is 0 Å². The fourth-order valence-electron chi connectivity index (χ4n) is 2.28. The molecule has 0 atom stereocenters. The molecule has 2 heterocycles. The summed E-state index contributed by atoms with van der Waals surface area (Å²) < 4.78 is 0. The van der Waals surface area contributed by atoms with Gasteiger partial charge in [-0.05, 0) is 48.5 Å². The number of aromatic nitrogens is 2. The molecule has 0 bridgehead atoms. The maximum atomic E-state index is 10.4. The zero-order valence-electron chi connectivity index (χ0n) is 20.9. The fraction of sp³-hybridized carbons (Fsp3) is 0. The van der Waals surface area contributed by atoms with Crippen LogP contribution in [0.15, 0.2) is 97.6 Å². The minimum Gasteiger partial charge on any atom is -0.545 e. The van der Waals surface area contributed by atoms with E-state index in [1.54, 1.807) is 36.7 Å². The van der Waals surface area contributed by atoms with E-state index in [2.05, 4.69) is 9.97 Å². The maximum absolute atomic E-state index is 10.4. The van der Waals surface area contributed by atoms with Crippen molar-refractivity contribution in [2.45, 2.75) is 0 Å². The summed E-state index contributed by atoms with van der Waals surface area (Å²) in [4.78, 5) is 48.4. The number of rotatable bonds is 4. The van der Waals surface area contributed by atoms with Gasteiger partial charge < -0.3 is 52.4 Å². The van der Waals surface area contributed by atoms with Gasteiger partial charge in [0.15, 0.2) is 0 Å². The molecule has 10 N–H and O–H groups in total. The average Bonchev–Trinajstić information content (AvgIpc) is 2.91. The molecule has 2 aromatic heterocycles. The summed E-state index contributed by atoms with van der Waals surface area (Å²) in [5.41, 5.74) is 10.7. The molecule has 2 amide bonds. The Balaban J connectivity index is -0.000000459. The molecule has 0 unspecified atom stereocenters. The van der Waals surface area contributed by atoms with Crippen LogP contribution in [0.1, 0.15) is 41.4 Å². The van der Waals surface area contributed by atoms with Gasteiger partial charge in [-0.2, -0.15) is 0 Å². The first-order chi connectivity index (χ1) is 18.0. The van der Waals surface area contributed by atoms with E-state index in [1.165, 1.54) is 48.8 Å². The number of hydrogen-bond acceptors (Lipinski definition) is 10. The molecular weight excluding hydrogens is 592 g/mol. The van der Waals surface area contributed by atoms with Gasteiger partial charge in [0.25, 0.3) is 0 Å². The number of nitrogens with two attached hydrogens (primary N) is 2. The van der Waals surface area contributed by atoms with Gasteiger partial charge in [-0.25, -0.2) is 0 Å². The fourth-order valence-corrected chi connectivity index (χ4v) is 2.28. The van der Waals surface area contributed by atoms with Crippen molar-refractivity contribution < 1.29 is 67.6 Å².